The zero-order chi connectivity index (χ0) is 45.8. The van der Waals surface area contributed by atoms with Crippen molar-refractivity contribution < 1.29 is 28.6 Å². The van der Waals surface area contributed by atoms with Gasteiger partial charge in [-0.05, 0) is 103 Å². The lowest BCUT2D eigenvalue weighted by Crippen LogP contribution is -2.30. The largest absolute Gasteiger partial charge is 0.462 e. The Kier molecular flexibility index (Phi) is 48.9. The molecule has 63 heavy (non-hydrogen) atoms. The Hall–Kier alpha value is -3.15. The molecule has 0 aliphatic heterocycles. The second-order valence-corrected chi connectivity index (χ2v) is 17.4. The Bertz CT molecular complexity index is 1190. The Balaban J connectivity index is 4.41. The molecule has 0 bridgehead atoms. The minimum Gasteiger partial charge on any atom is -0.462 e. The number of hydrogen-bond donors (Lipinski definition) is 0. The van der Waals surface area contributed by atoms with Gasteiger partial charge in [-0.15, -0.1) is 0 Å². The third kappa shape index (κ3) is 49.7. The van der Waals surface area contributed by atoms with Gasteiger partial charge in [-0.25, -0.2) is 0 Å². The van der Waals surface area contributed by atoms with Gasteiger partial charge in [-0.3, -0.25) is 14.4 Å². The summed E-state index contributed by atoms with van der Waals surface area (Å²) < 4.78 is 16.8. The van der Waals surface area contributed by atoms with Gasteiger partial charge >= 0.3 is 17.9 Å². The van der Waals surface area contributed by atoms with Gasteiger partial charge < -0.3 is 14.2 Å². The second kappa shape index (κ2) is 51.5. The molecule has 1 atom stereocenters. The molecule has 0 aromatic rings. The topological polar surface area (TPSA) is 78.9 Å². The lowest BCUT2D eigenvalue weighted by Gasteiger charge is -2.18. The Morgan fingerprint density at radius 3 is 1.06 bits per heavy atom. The average molecular weight is 879 g/mol. The van der Waals surface area contributed by atoms with E-state index in [1.807, 2.05) is 0 Å². The molecule has 362 valence electrons. The maximum atomic E-state index is 12.8. The van der Waals surface area contributed by atoms with Crippen molar-refractivity contribution in [3.63, 3.8) is 0 Å². The Morgan fingerprint density at radius 2 is 0.635 bits per heavy atom. The molecule has 0 aliphatic rings. The van der Waals surface area contributed by atoms with E-state index in [1.165, 1.54) is 122 Å². The van der Waals surface area contributed by atoms with E-state index >= 15 is 0 Å². The first-order valence-corrected chi connectivity index (χ1v) is 26.4. The molecule has 6 nitrogen and oxygen atoms in total. The number of carbonyl (C=O) groups is 3. The highest BCUT2D eigenvalue weighted by Crippen LogP contribution is 2.14. The van der Waals surface area contributed by atoms with Crippen LogP contribution in [0, 0.1) is 0 Å². The average Bonchev–Trinajstić information content (AvgIpc) is 3.28. The van der Waals surface area contributed by atoms with E-state index in [9.17, 15) is 14.4 Å². The van der Waals surface area contributed by atoms with Crippen molar-refractivity contribution in [2.24, 2.45) is 0 Å². The summed E-state index contributed by atoms with van der Waals surface area (Å²) in [4.78, 5) is 38.0. The number of allylic oxidation sites excluding steroid dienone is 12. The fourth-order valence-electron chi connectivity index (χ4n) is 7.17. The van der Waals surface area contributed by atoms with E-state index in [2.05, 4.69) is 93.7 Å². The zero-order valence-electron chi connectivity index (χ0n) is 41.3. The van der Waals surface area contributed by atoms with Gasteiger partial charge in [0.15, 0.2) is 6.10 Å². The van der Waals surface area contributed by atoms with E-state index in [0.717, 1.165) is 89.9 Å². The SMILES string of the molecule is CC/C=C\C/C=C\C/C=C\C/C=C\CCCCC(=O)OC[C@H](COC(=O)CCCCCCC/C=C\CCCC)OC(=O)CCCCCCCCCCC/C=C\CCCCCCCC. The number of unbranched alkanes of at least 4 members (excludes halogenated alkanes) is 24. The predicted octanol–water partition coefficient (Wildman–Crippen LogP) is 17.4. The minimum absolute atomic E-state index is 0.0937. The maximum absolute atomic E-state index is 12.8. The van der Waals surface area contributed by atoms with E-state index < -0.39 is 6.10 Å². The van der Waals surface area contributed by atoms with Crippen LogP contribution < -0.4 is 0 Å². The fourth-order valence-corrected chi connectivity index (χ4v) is 7.17. The molecule has 0 aromatic carbocycles. The molecule has 0 amide bonds. The van der Waals surface area contributed by atoms with Crippen molar-refractivity contribution in [1.82, 2.24) is 0 Å². The van der Waals surface area contributed by atoms with Crippen LogP contribution >= 0.6 is 0 Å². The van der Waals surface area contributed by atoms with Crippen molar-refractivity contribution in [2.75, 3.05) is 13.2 Å². The Labute approximate surface area is 389 Å². The predicted molar refractivity (Wildman–Crippen MR) is 270 cm³/mol. The first-order chi connectivity index (χ1) is 31.0. The minimum atomic E-state index is -0.795. The molecule has 0 aromatic heterocycles. The molecule has 0 fully saturated rings. The summed E-state index contributed by atoms with van der Waals surface area (Å²) in [7, 11) is 0. The Morgan fingerprint density at radius 1 is 0.333 bits per heavy atom. The molecule has 0 spiro atoms. The van der Waals surface area contributed by atoms with E-state index in [4.69, 9.17) is 14.2 Å². The van der Waals surface area contributed by atoms with Gasteiger partial charge in [0, 0.05) is 19.3 Å². The first kappa shape index (κ1) is 59.9. The molecule has 0 unspecified atom stereocenters. The maximum Gasteiger partial charge on any atom is 0.306 e. The van der Waals surface area contributed by atoms with Crippen molar-refractivity contribution in [1.29, 1.82) is 0 Å². The molecule has 0 saturated carbocycles. The van der Waals surface area contributed by atoms with Crippen LogP contribution in [-0.4, -0.2) is 37.2 Å². The summed E-state index contributed by atoms with van der Waals surface area (Å²) in [5, 5.41) is 0. The lowest BCUT2D eigenvalue weighted by atomic mass is 10.1. The van der Waals surface area contributed by atoms with Gasteiger partial charge in [-0.2, -0.15) is 0 Å². The van der Waals surface area contributed by atoms with Crippen LogP contribution in [0.1, 0.15) is 252 Å². The first-order valence-electron chi connectivity index (χ1n) is 26.4. The summed E-state index contributed by atoms with van der Waals surface area (Å²) in [6, 6.07) is 0. The molecule has 0 saturated heterocycles. The number of rotatable bonds is 47. The van der Waals surface area contributed by atoms with Gasteiger partial charge in [0.2, 0.25) is 0 Å². The van der Waals surface area contributed by atoms with Crippen LogP contribution in [-0.2, 0) is 28.6 Å². The molecule has 0 heterocycles. The van der Waals surface area contributed by atoms with Crippen LogP contribution in [0.15, 0.2) is 72.9 Å². The molecule has 0 N–H and O–H groups in total. The number of ether oxygens (including phenoxy) is 3. The standard InChI is InChI=1S/C57H98O6/c1-4-7-10-13-16-19-22-24-26-27-28-29-31-33-36-39-42-45-48-51-57(60)63-54(52-61-55(58)49-46-43-40-37-34-21-18-15-12-9-6-3)53-62-56(59)50-47-44-41-38-35-32-30-25-23-20-17-14-11-8-5-2/h8,11,15,17-18,20,24-26,30,35,38,54H,4-7,9-10,12-14,16,19,21-23,27-29,31-34,36-37,39-53H2,1-3H3/b11-8-,18-15-,20-17-,26-24-,30-25-,38-35-/t54-/m0/s1. The van der Waals surface area contributed by atoms with Crippen molar-refractivity contribution >= 4 is 17.9 Å². The van der Waals surface area contributed by atoms with Crippen molar-refractivity contribution in [3.8, 4) is 0 Å². The van der Waals surface area contributed by atoms with Crippen LogP contribution in [0.3, 0.4) is 0 Å². The summed E-state index contributed by atoms with van der Waals surface area (Å²) in [6.45, 7) is 6.44. The van der Waals surface area contributed by atoms with Gasteiger partial charge in [0.25, 0.3) is 0 Å². The second-order valence-electron chi connectivity index (χ2n) is 17.4. The number of esters is 3. The number of carbonyl (C=O) groups excluding carboxylic acids is 3. The summed E-state index contributed by atoms with van der Waals surface area (Å²) in [5.41, 5.74) is 0. The van der Waals surface area contributed by atoms with Crippen molar-refractivity contribution in [3.05, 3.63) is 72.9 Å². The van der Waals surface area contributed by atoms with Crippen LogP contribution in [0.4, 0.5) is 0 Å². The molecular weight excluding hydrogens is 781 g/mol. The monoisotopic (exact) mass is 879 g/mol. The van der Waals surface area contributed by atoms with E-state index in [-0.39, 0.29) is 31.1 Å². The van der Waals surface area contributed by atoms with Gasteiger partial charge in [0.1, 0.15) is 13.2 Å². The molecule has 0 radical (unpaired) electrons. The summed E-state index contributed by atoms with van der Waals surface area (Å²) in [6.07, 6.45) is 64.6. The highest BCUT2D eigenvalue weighted by Gasteiger charge is 2.19. The van der Waals surface area contributed by atoms with Gasteiger partial charge in [0.05, 0.1) is 0 Å². The fraction of sp³-hybridized carbons (Fsp3) is 0.737. The third-order valence-electron chi connectivity index (χ3n) is 11.2. The zero-order valence-corrected chi connectivity index (χ0v) is 41.3. The summed E-state index contributed by atoms with van der Waals surface area (Å²) >= 11 is 0. The quantitative estimate of drug-likeness (QED) is 0.0262. The highest BCUT2D eigenvalue weighted by molar-refractivity contribution is 5.71. The normalized spacial score (nSPS) is 12.6. The third-order valence-corrected chi connectivity index (χ3v) is 11.2. The highest BCUT2D eigenvalue weighted by atomic mass is 16.6. The smallest absolute Gasteiger partial charge is 0.306 e. The van der Waals surface area contributed by atoms with Crippen molar-refractivity contribution in [2.45, 2.75) is 258 Å². The van der Waals surface area contributed by atoms with Gasteiger partial charge in [-0.1, -0.05) is 203 Å². The summed E-state index contributed by atoms with van der Waals surface area (Å²) in [5.74, 6) is -0.946. The number of hydrogen-bond acceptors (Lipinski definition) is 6. The van der Waals surface area contributed by atoms with Crippen LogP contribution in [0.5, 0.6) is 0 Å². The van der Waals surface area contributed by atoms with E-state index in [1.54, 1.807) is 0 Å². The molecular formula is C57H98O6. The molecule has 6 heteroatoms. The lowest BCUT2D eigenvalue weighted by molar-refractivity contribution is -0.167. The van der Waals surface area contributed by atoms with E-state index in [0.29, 0.717) is 19.3 Å². The molecule has 0 aliphatic carbocycles. The van der Waals surface area contributed by atoms with Crippen LogP contribution in [0.25, 0.3) is 0 Å². The van der Waals surface area contributed by atoms with Crippen LogP contribution in [0.2, 0.25) is 0 Å². The molecule has 0 rings (SSSR count).